The van der Waals surface area contributed by atoms with Crippen LogP contribution in [-0.4, -0.2) is 15.5 Å². The Hall–Kier alpha value is -2.47. The minimum atomic E-state index is -0.502. The number of nitrogens with one attached hydrogen (secondary N) is 1. The number of amides is 1. The average molecular weight is 369 g/mol. The van der Waals surface area contributed by atoms with Gasteiger partial charge in [0.15, 0.2) is 0 Å². The predicted octanol–water partition coefficient (Wildman–Crippen LogP) is 4.02. The number of fused-ring (bicyclic) bond motifs is 1. The van der Waals surface area contributed by atoms with Crippen molar-refractivity contribution in [1.82, 2.24) is 14.9 Å². The van der Waals surface area contributed by atoms with E-state index in [0.717, 1.165) is 24.8 Å². The first-order valence-electron chi connectivity index (χ1n) is 8.76. The maximum atomic E-state index is 13.8. The minimum absolute atomic E-state index is 0.123. The number of hydrogen-bond acceptors (Lipinski definition) is 3. The summed E-state index contributed by atoms with van der Waals surface area (Å²) >= 11 is 1.66. The van der Waals surface area contributed by atoms with Crippen LogP contribution in [-0.2, 0) is 19.9 Å². The Morgan fingerprint density at radius 3 is 2.96 bits per heavy atom. The molecular formula is C20H20FN3OS. The van der Waals surface area contributed by atoms with Crippen LogP contribution in [0.25, 0.3) is 0 Å². The lowest BCUT2D eigenvalue weighted by Gasteiger charge is -2.20. The lowest BCUT2D eigenvalue weighted by atomic mass is 9.95. The van der Waals surface area contributed by atoms with Crippen LogP contribution >= 0.6 is 11.3 Å². The van der Waals surface area contributed by atoms with Gasteiger partial charge in [0.05, 0.1) is 5.56 Å². The summed E-state index contributed by atoms with van der Waals surface area (Å²) in [6, 6.07) is 5.81. The van der Waals surface area contributed by atoms with Crippen LogP contribution in [0.1, 0.15) is 51.1 Å². The fourth-order valence-corrected chi connectivity index (χ4v) is 4.66. The molecule has 0 saturated carbocycles. The molecule has 6 heteroatoms. The Morgan fingerprint density at radius 1 is 1.35 bits per heavy atom. The molecule has 26 heavy (non-hydrogen) atoms. The Bertz CT molecular complexity index is 946. The summed E-state index contributed by atoms with van der Waals surface area (Å²) in [6.45, 7) is 0. The summed E-state index contributed by atoms with van der Waals surface area (Å²) in [5.41, 5.74) is 2.61. The van der Waals surface area contributed by atoms with Gasteiger partial charge >= 0.3 is 0 Å². The number of imidazole rings is 1. The Labute approximate surface area is 155 Å². The number of rotatable bonds is 4. The summed E-state index contributed by atoms with van der Waals surface area (Å²) in [5, 5.41) is 5.02. The van der Waals surface area contributed by atoms with Crippen LogP contribution < -0.4 is 5.32 Å². The number of thiophene rings is 1. The van der Waals surface area contributed by atoms with Crippen molar-refractivity contribution >= 4 is 17.2 Å². The predicted molar refractivity (Wildman–Crippen MR) is 99.9 cm³/mol. The van der Waals surface area contributed by atoms with Crippen molar-refractivity contribution in [2.45, 2.75) is 31.7 Å². The van der Waals surface area contributed by atoms with E-state index < -0.39 is 6.04 Å². The minimum Gasteiger partial charge on any atom is -0.338 e. The first-order chi connectivity index (χ1) is 12.6. The van der Waals surface area contributed by atoms with Crippen molar-refractivity contribution in [3.8, 4) is 0 Å². The van der Waals surface area contributed by atoms with E-state index in [2.05, 4.69) is 10.3 Å². The largest absolute Gasteiger partial charge is 0.338 e. The molecule has 0 saturated heterocycles. The van der Waals surface area contributed by atoms with E-state index in [0.29, 0.717) is 11.4 Å². The van der Waals surface area contributed by atoms with Crippen LogP contribution in [0, 0.1) is 5.82 Å². The van der Waals surface area contributed by atoms with Crippen LogP contribution in [0.5, 0.6) is 0 Å². The fraction of sp³-hybridized carbons (Fsp3) is 0.300. The average Bonchev–Trinajstić information content (AvgIpc) is 3.26. The summed E-state index contributed by atoms with van der Waals surface area (Å²) in [5.74, 6) is 0.221. The van der Waals surface area contributed by atoms with Gasteiger partial charge < -0.3 is 9.88 Å². The van der Waals surface area contributed by atoms with E-state index in [4.69, 9.17) is 0 Å². The quantitative estimate of drug-likeness (QED) is 0.755. The highest BCUT2D eigenvalue weighted by molar-refractivity contribution is 7.10. The van der Waals surface area contributed by atoms with E-state index >= 15 is 0 Å². The molecule has 0 bridgehead atoms. The molecule has 134 valence electrons. The highest BCUT2D eigenvalue weighted by Crippen LogP contribution is 2.31. The summed E-state index contributed by atoms with van der Waals surface area (Å²) in [6.07, 6.45) is 7.82. The highest BCUT2D eigenvalue weighted by Gasteiger charge is 2.25. The van der Waals surface area contributed by atoms with Gasteiger partial charge in [0.2, 0.25) is 0 Å². The molecule has 3 aromatic rings. The third kappa shape index (κ3) is 3.17. The van der Waals surface area contributed by atoms with Crippen LogP contribution in [0.3, 0.4) is 0 Å². The molecule has 0 fully saturated rings. The maximum absolute atomic E-state index is 13.8. The highest BCUT2D eigenvalue weighted by atomic mass is 32.1. The normalized spacial score (nSPS) is 14.7. The van der Waals surface area contributed by atoms with Crippen molar-refractivity contribution in [3.63, 3.8) is 0 Å². The second kappa shape index (κ2) is 7.03. The Balaban J connectivity index is 1.68. The van der Waals surface area contributed by atoms with Crippen LogP contribution in [0.15, 0.2) is 42.0 Å². The first kappa shape index (κ1) is 17.0. The van der Waals surface area contributed by atoms with Gasteiger partial charge in [0, 0.05) is 29.7 Å². The number of benzene rings is 1. The molecular weight excluding hydrogens is 349 g/mol. The molecule has 0 aliphatic heterocycles. The Morgan fingerprint density at radius 2 is 2.19 bits per heavy atom. The molecule has 2 aromatic heterocycles. The van der Waals surface area contributed by atoms with Gasteiger partial charge in [-0.1, -0.05) is 12.1 Å². The zero-order chi connectivity index (χ0) is 18.1. The topological polar surface area (TPSA) is 46.9 Å². The van der Waals surface area contributed by atoms with E-state index in [1.807, 2.05) is 29.3 Å². The van der Waals surface area contributed by atoms with Crippen LogP contribution in [0.2, 0.25) is 0 Å². The number of aryl methyl sites for hydroxylation is 2. The summed E-state index contributed by atoms with van der Waals surface area (Å²) in [4.78, 5) is 18.7. The van der Waals surface area contributed by atoms with E-state index in [9.17, 15) is 9.18 Å². The molecule has 2 heterocycles. The SMILES string of the molecule is Cn1ccnc1C(NC(=O)c1csc2c1CCCC2)c1cccc(F)c1. The molecule has 4 rings (SSSR count). The molecule has 0 spiro atoms. The zero-order valence-electron chi connectivity index (χ0n) is 14.5. The second-order valence-corrected chi connectivity index (χ2v) is 7.58. The standard InChI is InChI=1S/C20H20FN3OS/c1-24-10-9-22-19(24)18(13-5-4-6-14(21)11-13)23-20(25)16-12-26-17-8-3-2-7-15(16)17/h4-6,9-12,18H,2-3,7-8H2,1H3,(H,23,25). The van der Waals surface area contributed by atoms with Crippen molar-refractivity contribution in [1.29, 1.82) is 0 Å². The molecule has 1 N–H and O–H groups in total. The van der Waals surface area contributed by atoms with Gasteiger partial charge in [0.25, 0.3) is 5.91 Å². The molecule has 1 atom stereocenters. The smallest absolute Gasteiger partial charge is 0.253 e. The van der Waals surface area contributed by atoms with Gasteiger partial charge in [-0.3, -0.25) is 4.79 Å². The fourth-order valence-electron chi connectivity index (χ4n) is 3.53. The van der Waals surface area contributed by atoms with Gasteiger partial charge in [-0.15, -0.1) is 11.3 Å². The number of hydrogen-bond donors (Lipinski definition) is 1. The number of carbonyl (C=O) groups excluding carboxylic acids is 1. The van der Waals surface area contributed by atoms with Crippen molar-refractivity contribution < 1.29 is 9.18 Å². The molecule has 1 amide bonds. The Kier molecular flexibility index (Phi) is 4.59. The van der Waals surface area contributed by atoms with Crippen molar-refractivity contribution in [2.24, 2.45) is 7.05 Å². The monoisotopic (exact) mass is 369 g/mol. The molecule has 4 nitrogen and oxygen atoms in total. The number of carbonyl (C=O) groups is 1. The van der Waals surface area contributed by atoms with Crippen molar-refractivity contribution in [3.05, 3.63) is 75.2 Å². The zero-order valence-corrected chi connectivity index (χ0v) is 15.4. The van der Waals surface area contributed by atoms with E-state index in [1.165, 1.54) is 29.0 Å². The molecule has 1 aromatic carbocycles. The van der Waals surface area contributed by atoms with Crippen LogP contribution in [0.4, 0.5) is 4.39 Å². The number of aromatic nitrogens is 2. The lowest BCUT2D eigenvalue weighted by Crippen LogP contribution is -2.31. The molecule has 1 aliphatic carbocycles. The number of nitrogens with zero attached hydrogens (tertiary/aromatic N) is 2. The van der Waals surface area contributed by atoms with E-state index in [-0.39, 0.29) is 11.7 Å². The van der Waals surface area contributed by atoms with Gasteiger partial charge in [-0.05, 0) is 48.9 Å². The first-order valence-corrected chi connectivity index (χ1v) is 9.64. The summed E-state index contributed by atoms with van der Waals surface area (Å²) in [7, 11) is 1.87. The van der Waals surface area contributed by atoms with Crippen molar-refractivity contribution in [2.75, 3.05) is 0 Å². The third-order valence-electron chi connectivity index (χ3n) is 4.88. The van der Waals surface area contributed by atoms with E-state index in [1.54, 1.807) is 23.6 Å². The number of halogens is 1. The lowest BCUT2D eigenvalue weighted by molar-refractivity contribution is 0.0940. The second-order valence-electron chi connectivity index (χ2n) is 6.62. The van der Waals surface area contributed by atoms with Gasteiger partial charge in [0.1, 0.15) is 17.7 Å². The van der Waals surface area contributed by atoms with Gasteiger partial charge in [-0.2, -0.15) is 0 Å². The molecule has 1 unspecified atom stereocenters. The molecule has 1 aliphatic rings. The van der Waals surface area contributed by atoms with Gasteiger partial charge in [-0.25, -0.2) is 9.37 Å². The third-order valence-corrected chi connectivity index (χ3v) is 5.97. The maximum Gasteiger partial charge on any atom is 0.253 e. The molecule has 0 radical (unpaired) electrons. The summed E-state index contributed by atoms with van der Waals surface area (Å²) < 4.78 is 15.6.